The Morgan fingerprint density at radius 1 is 0.246 bits per heavy atom. The van der Waals surface area contributed by atoms with E-state index in [4.69, 9.17) is 18.9 Å². The summed E-state index contributed by atoms with van der Waals surface area (Å²) in [5.74, 6) is 3.33. The van der Waals surface area contributed by atoms with Crippen LogP contribution in [0.4, 0.5) is 0 Å². The van der Waals surface area contributed by atoms with E-state index in [0.717, 1.165) is 67.5 Å². The molecule has 0 heterocycles. The normalized spacial score (nSPS) is 11.2. The first-order chi connectivity index (χ1) is 28.0. The molecule has 0 aromatic heterocycles. The second-order valence-corrected chi connectivity index (χ2v) is 17.8. The summed E-state index contributed by atoms with van der Waals surface area (Å²) in [5.41, 5.74) is 9.12. The van der Waals surface area contributed by atoms with E-state index in [1.807, 2.05) is 48.5 Å². The number of rotatable bonds is 12. The van der Waals surface area contributed by atoms with Crippen LogP contribution >= 0.6 is 0 Å². The number of methoxy groups -OCH3 is 4. The average molecular weight is 761 g/mol. The molecule has 8 aromatic rings. The molecular weight excluding hydrogens is 717 g/mol. The monoisotopic (exact) mass is 760 g/mol. The Hall–Kier alpha value is -6.82. The van der Waals surface area contributed by atoms with Crippen molar-refractivity contribution in [2.75, 3.05) is 28.4 Å². The molecule has 8 rings (SSSR count). The summed E-state index contributed by atoms with van der Waals surface area (Å²) in [6, 6.07) is 70.0. The maximum atomic E-state index is 5.52. The molecular formula is C52H44O4Si. The van der Waals surface area contributed by atoms with E-state index in [0.29, 0.717) is 0 Å². The molecule has 0 saturated carbocycles. The number of ether oxygens (including phenoxy) is 4. The summed E-state index contributed by atoms with van der Waals surface area (Å²) in [4.78, 5) is 0. The molecule has 0 amide bonds. The summed E-state index contributed by atoms with van der Waals surface area (Å²) >= 11 is 0. The van der Waals surface area contributed by atoms with Crippen molar-refractivity contribution in [1.29, 1.82) is 0 Å². The third-order valence-corrected chi connectivity index (χ3v) is 15.6. The van der Waals surface area contributed by atoms with Gasteiger partial charge < -0.3 is 18.9 Å². The highest BCUT2D eigenvalue weighted by molar-refractivity contribution is 7.20. The van der Waals surface area contributed by atoms with Crippen LogP contribution in [0.25, 0.3) is 44.5 Å². The lowest BCUT2D eigenvalue weighted by Gasteiger charge is -2.35. The molecule has 0 spiro atoms. The van der Waals surface area contributed by atoms with Crippen molar-refractivity contribution >= 4 is 28.8 Å². The molecule has 0 saturated heterocycles. The van der Waals surface area contributed by atoms with Gasteiger partial charge in [-0.2, -0.15) is 0 Å². The fourth-order valence-electron chi connectivity index (χ4n) is 7.86. The topological polar surface area (TPSA) is 36.9 Å². The molecule has 0 N–H and O–H groups in total. The molecule has 0 aliphatic rings. The van der Waals surface area contributed by atoms with Gasteiger partial charge in [0.25, 0.3) is 0 Å². The Kier molecular flexibility index (Phi) is 10.7. The van der Waals surface area contributed by atoms with Crippen LogP contribution in [-0.2, 0) is 0 Å². The van der Waals surface area contributed by atoms with Gasteiger partial charge in [0.2, 0.25) is 0 Å². The molecule has 4 nitrogen and oxygen atoms in total. The third kappa shape index (κ3) is 7.45. The number of benzene rings is 8. The van der Waals surface area contributed by atoms with Crippen molar-refractivity contribution < 1.29 is 18.9 Å². The van der Waals surface area contributed by atoms with Crippen LogP contribution < -0.4 is 39.7 Å². The summed E-state index contributed by atoms with van der Waals surface area (Å²) in [5, 5.41) is 5.12. The lowest BCUT2D eigenvalue weighted by Crippen LogP contribution is -2.74. The molecule has 280 valence electrons. The van der Waals surface area contributed by atoms with Gasteiger partial charge in [0.1, 0.15) is 23.0 Å². The zero-order valence-corrected chi connectivity index (χ0v) is 33.6. The smallest absolute Gasteiger partial charge is 0.179 e. The average Bonchev–Trinajstić information content (AvgIpc) is 3.30. The lowest BCUT2D eigenvalue weighted by molar-refractivity contribution is 0.415. The maximum Gasteiger partial charge on any atom is 0.179 e. The van der Waals surface area contributed by atoms with Crippen LogP contribution in [0, 0.1) is 0 Å². The van der Waals surface area contributed by atoms with E-state index in [-0.39, 0.29) is 0 Å². The van der Waals surface area contributed by atoms with Crippen LogP contribution in [0.5, 0.6) is 23.0 Å². The van der Waals surface area contributed by atoms with Crippen LogP contribution in [-0.4, -0.2) is 36.5 Å². The molecule has 0 bridgehead atoms. The Morgan fingerprint density at radius 2 is 0.456 bits per heavy atom. The molecule has 0 aliphatic carbocycles. The highest BCUT2D eigenvalue weighted by Gasteiger charge is 2.42. The largest absolute Gasteiger partial charge is 0.497 e. The second kappa shape index (κ2) is 16.5. The van der Waals surface area contributed by atoms with Gasteiger partial charge in [-0.05, 0) is 114 Å². The van der Waals surface area contributed by atoms with Crippen LogP contribution in [0.15, 0.2) is 194 Å². The molecule has 0 unspecified atom stereocenters. The van der Waals surface area contributed by atoms with Crippen molar-refractivity contribution in [3.05, 3.63) is 194 Å². The maximum absolute atomic E-state index is 5.52. The van der Waals surface area contributed by atoms with Crippen LogP contribution in [0.2, 0.25) is 0 Å². The van der Waals surface area contributed by atoms with Crippen molar-refractivity contribution in [1.82, 2.24) is 0 Å². The van der Waals surface area contributed by atoms with Gasteiger partial charge in [0.15, 0.2) is 8.07 Å². The first-order valence-corrected chi connectivity index (χ1v) is 21.0. The van der Waals surface area contributed by atoms with E-state index < -0.39 is 8.07 Å². The minimum atomic E-state index is -3.13. The molecule has 5 heteroatoms. The zero-order valence-electron chi connectivity index (χ0n) is 32.6. The quantitative estimate of drug-likeness (QED) is 0.0919. The summed E-state index contributed by atoms with van der Waals surface area (Å²) in [6.07, 6.45) is 0. The molecule has 0 fully saturated rings. The molecule has 0 aliphatic heterocycles. The summed E-state index contributed by atoms with van der Waals surface area (Å²) < 4.78 is 22.1. The number of hydrogen-bond acceptors (Lipinski definition) is 4. The van der Waals surface area contributed by atoms with Gasteiger partial charge in [-0.25, -0.2) is 0 Å². The Morgan fingerprint density at radius 3 is 0.649 bits per heavy atom. The number of hydrogen-bond donors (Lipinski definition) is 0. The molecule has 0 radical (unpaired) electrons. The predicted molar refractivity (Wildman–Crippen MR) is 238 cm³/mol. The van der Waals surface area contributed by atoms with E-state index in [9.17, 15) is 0 Å². The van der Waals surface area contributed by atoms with Gasteiger partial charge >= 0.3 is 0 Å². The van der Waals surface area contributed by atoms with Crippen LogP contribution in [0.3, 0.4) is 0 Å². The van der Waals surface area contributed by atoms with Gasteiger partial charge in [-0.3, -0.25) is 0 Å². The van der Waals surface area contributed by atoms with Gasteiger partial charge in [-0.15, -0.1) is 0 Å². The molecule has 0 atom stereocenters. The first-order valence-electron chi connectivity index (χ1n) is 19.0. The SMILES string of the molecule is COc1ccc(-c2cccc([Si](c3cccc(-c4ccc(OC)cc4)c3)(c3cccc(-c4ccc(OC)cc4)c3)c3cccc(-c4ccc(OC)cc4)c3)c2)cc1. The standard InChI is InChI=1S/C52H44O4Si/c1-53-45-25-17-37(18-26-45)41-9-5-13-49(33-41)57(50-14-6-10-42(34-50)38-19-27-46(54-2)28-20-38,51-15-7-11-43(35-51)39-21-29-47(55-3)30-22-39)52-16-8-12-44(36-52)40-23-31-48(56-4)32-24-40/h5-36H,1-4H3. The Bertz CT molecular complexity index is 2230. The van der Waals surface area contributed by atoms with Crippen molar-refractivity contribution in [3.63, 3.8) is 0 Å². The van der Waals surface area contributed by atoms with Crippen molar-refractivity contribution in [2.24, 2.45) is 0 Å². The highest BCUT2D eigenvalue weighted by atomic mass is 28.3. The van der Waals surface area contributed by atoms with E-state index in [2.05, 4.69) is 146 Å². The third-order valence-electron chi connectivity index (χ3n) is 10.9. The summed E-state index contributed by atoms with van der Waals surface area (Å²) in [7, 11) is 3.69. The van der Waals surface area contributed by atoms with E-state index in [1.54, 1.807) is 28.4 Å². The van der Waals surface area contributed by atoms with Gasteiger partial charge in [0, 0.05) is 0 Å². The fraction of sp³-hybridized carbons (Fsp3) is 0.0769. The van der Waals surface area contributed by atoms with E-state index in [1.165, 1.54) is 20.7 Å². The Balaban J connectivity index is 1.43. The Labute approximate surface area is 336 Å². The minimum Gasteiger partial charge on any atom is -0.497 e. The zero-order chi connectivity index (χ0) is 39.2. The predicted octanol–water partition coefficient (Wildman–Crippen LogP) is 9.77. The van der Waals surface area contributed by atoms with Gasteiger partial charge in [0.05, 0.1) is 28.4 Å². The molecule has 8 aromatic carbocycles. The second-order valence-electron chi connectivity index (χ2n) is 14.0. The minimum absolute atomic E-state index is 0.833. The van der Waals surface area contributed by atoms with E-state index >= 15 is 0 Å². The highest BCUT2D eigenvalue weighted by Crippen LogP contribution is 2.28. The summed E-state index contributed by atoms with van der Waals surface area (Å²) in [6.45, 7) is 0. The lowest BCUT2D eigenvalue weighted by atomic mass is 10.1. The molecule has 57 heavy (non-hydrogen) atoms. The first kappa shape index (κ1) is 37.1. The van der Waals surface area contributed by atoms with Gasteiger partial charge in [-0.1, -0.05) is 146 Å². The van der Waals surface area contributed by atoms with Crippen molar-refractivity contribution in [2.45, 2.75) is 0 Å². The van der Waals surface area contributed by atoms with Crippen LogP contribution in [0.1, 0.15) is 0 Å². The fourth-order valence-corrected chi connectivity index (χ4v) is 12.7. The van der Waals surface area contributed by atoms with Crippen molar-refractivity contribution in [3.8, 4) is 67.5 Å².